The first-order chi connectivity index (χ1) is 8.20. The Morgan fingerprint density at radius 2 is 2.12 bits per heavy atom. The number of halogens is 1. The minimum absolute atomic E-state index is 0.117. The lowest BCUT2D eigenvalue weighted by molar-refractivity contribution is 0.145. The van der Waals surface area contributed by atoms with Crippen molar-refractivity contribution in [1.82, 2.24) is 5.32 Å². The van der Waals surface area contributed by atoms with Crippen molar-refractivity contribution in [2.75, 3.05) is 25.0 Å². The molecule has 0 radical (unpaired) electrons. The molecule has 0 aromatic heterocycles. The molecule has 0 spiro atoms. The van der Waals surface area contributed by atoms with Crippen molar-refractivity contribution < 1.29 is 5.11 Å². The Labute approximate surface area is 111 Å². The molecule has 2 rings (SSSR count). The van der Waals surface area contributed by atoms with Crippen molar-refractivity contribution in [1.29, 1.82) is 0 Å². The maximum Gasteiger partial charge on any atom is 0.0574 e. The van der Waals surface area contributed by atoms with Gasteiger partial charge in [-0.25, -0.2) is 0 Å². The van der Waals surface area contributed by atoms with Crippen LogP contribution in [0.4, 0.5) is 5.69 Å². The minimum Gasteiger partial charge on any atom is -0.393 e. The van der Waals surface area contributed by atoms with Crippen LogP contribution < -0.4 is 10.2 Å². The van der Waals surface area contributed by atoms with Crippen LogP contribution in [0.15, 0.2) is 22.7 Å². The largest absolute Gasteiger partial charge is 0.393 e. The average Bonchev–Trinajstić information content (AvgIpc) is 2.31. The van der Waals surface area contributed by atoms with Gasteiger partial charge in [-0.15, -0.1) is 0 Å². The number of rotatable bonds is 3. The second-order valence-corrected chi connectivity index (χ2v) is 5.39. The molecule has 17 heavy (non-hydrogen) atoms. The molecule has 1 aromatic rings. The number of hydrogen-bond acceptors (Lipinski definition) is 3. The van der Waals surface area contributed by atoms with Crippen LogP contribution >= 0.6 is 15.9 Å². The smallest absolute Gasteiger partial charge is 0.0574 e. The first-order valence-corrected chi connectivity index (χ1v) is 6.86. The van der Waals surface area contributed by atoms with Gasteiger partial charge < -0.3 is 15.3 Å². The second-order valence-electron chi connectivity index (χ2n) is 4.53. The quantitative estimate of drug-likeness (QED) is 0.897. The zero-order valence-electron chi connectivity index (χ0n) is 10.1. The van der Waals surface area contributed by atoms with Crippen molar-refractivity contribution in [2.24, 2.45) is 0 Å². The van der Waals surface area contributed by atoms with Crippen LogP contribution in [-0.2, 0) is 6.54 Å². The van der Waals surface area contributed by atoms with Gasteiger partial charge in [0.15, 0.2) is 0 Å². The molecule has 2 N–H and O–H groups in total. The number of aliphatic hydroxyl groups excluding tert-OH is 1. The molecule has 1 aliphatic heterocycles. The standard InChI is InChI=1S/C13H19BrN2O/c1-15-9-10-2-3-13(12(14)8-10)16-6-4-11(17)5-7-16/h2-3,8,11,15,17H,4-7,9H2,1H3. The average molecular weight is 299 g/mol. The van der Waals surface area contributed by atoms with Gasteiger partial charge in [0, 0.05) is 24.1 Å². The second kappa shape index (κ2) is 5.85. The van der Waals surface area contributed by atoms with Crippen LogP contribution in [0.25, 0.3) is 0 Å². The molecule has 1 saturated heterocycles. The van der Waals surface area contributed by atoms with Crippen molar-refractivity contribution in [3.63, 3.8) is 0 Å². The Morgan fingerprint density at radius 1 is 1.41 bits per heavy atom. The summed E-state index contributed by atoms with van der Waals surface area (Å²) in [5.41, 5.74) is 2.51. The Hall–Kier alpha value is -0.580. The van der Waals surface area contributed by atoms with Gasteiger partial charge >= 0.3 is 0 Å². The van der Waals surface area contributed by atoms with E-state index in [1.807, 2.05) is 7.05 Å². The molecule has 0 bridgehead atoms. The summed E-state index contributed by atoms with van der Waals surface area (Å²) < 4.78 is 1.14. The van der Waals surface area contributed by atoms with Crippen LogP contribution in [0.1, 0.15) is 18.4 Å². The highest BCUT2D eigenvalue weighted by Gasteiger charge is 2.18. The van der Waals surface area contributed by atoms with E-state index in [9.17, 15) is 5.11 Å². The summed E-state index contributed by atoms with van der Waals surface area (Å²) in [6, 6.07) is 6.48. The van der Waals surface area contributed by atoms with E-state index in [4.69, 9.17) is 0 Å². The van der Waals surface area contributed by atoms with Gasteiger partial charge in [0.25, 0.3) is 0 Å². The molecule has 0 atom stereocenters. The molecule has 0 unspecified atom stereocenters. The highest BCUT2D eigenvalue weighted by molar-refractivity contribution is 9.10. The molecular formula is C13H19BrN2O. The van der Waals surface area contributed by atoms with E-state index in [1.54, 1.807) is 0 Å². The molecule has 0 saturated carbocycles. The van der Waals surface area contributed by atoms with E-state index < -0.39 is 0 Å². The summed E-state index contributed by atoms with van der Waals surface area (Å²) in [7, 11) is 1.95. The Morgan fingerprint density at radius 3 is 2.71 bits per heavy atom. The Balaban J connectivity index is 2.10. The van der Waals surface area contributed by atoms with Crippen molar-refractivity contribution in [2.45, 2.75) is 25.5 Å². The first kappa shape index (κ1) is 12.9. The Bertz CT molecular complexity index is 376. The minimum atomic E-state index is -0.117. The summed E-state index contributed by atoms with van der Waals surface area (Å²) >= 11 is 3.64. The number of piperidine rings is 1. The SMILES string of the molecule is CNCc1ccc(N2CCC(O)CC2)c(Br)c1. The number of hydrogen-bond donors (Lipinski definition) is 2. The van der Waals surface area contributed by atoms with Gasteiger partial charge in [0.1, 0.15) is 0 Å². The molecule has 0 aliphatic carbocycles. The summed E-state index contributed by atoms with van der Waals surface area (Å²) in [6.45, 7) is 2.76. The van der Waals surface area contributed by atoms with Crippen LogP contribution in [0, 0.1) is 0 Å². The fourth-order valence-electron chi connectivity index (χ4n) is 2.23. The number of nitrogens with zero attached hydrogens (tertiary/aromatic N) is 1. The van der Waals surface area contributed by atoms with Crippen molar-refractivity contribution in [3.8, 4) is 0 Å². The maximum absolute atomic E-state index is 9.51. The van der Waals surface area contributed by atoms with E-state index in [-0.39, 0.29) is 6.10 Å². The highest BCUT2D eigenvalue weighted by atomic mass is 79.9. The molecular weight excluding hydrogens is 280 g/mol. The molecule has 1 aliphatic rings. The fourth-order valence-corrected chi connectivity index (χ4v) is 2.90. The number of aliphatic hydroxyl groups is 1. The van der Waals surface area contributed by atoms with Crippen molar-refractivity contribution in [3.05, 3.63) is 28.2 Å². The van der Waals surface area contributed by atoms with E-state index in [2.05, 4.69) is 44.3 Å². The third-order valence-corrected chi connectivity index (χ3v) is 3.83. The van der Waals surface area contributed by atoms with E-state index in [1.165, 1.54) is 11.3 Å². The predicted molar refractivity (Wildman–Crippen MR) is 74.4 cm³/mol. The summed E-state index contributed by atoms with van der Waals surface area (Å²) in [4.78, 5) is 2.33. The van der Waals surface area contributed by atoms with Gasteiger partial charge in [-0.2, -0.15) is 0 Å². The Kier molecular flexibility index (Phi) is 4.42. The fraction of sp³-hybridized carbons (Fsp3) is 0.538. The van der Waals surface area contributed by atoms with Crippen LogP contribution in [0.2, 0.25) is 0 Å². The van der Waals surface area contributed by atoms with E-state index in [0.717, 1.165) is 36.9 Å². The van der Waals surface area contributed by atoms with Crippen molar-refractivity contribution >= 4 is 21.6 Å². The molecule has 94 valence electrons. The van der Waals surface area contributed by atoms with E-state index >= 15 is 0 Å². The molecule has 1 fully saturated rings. The number of nitrogens with one attached hydrogen (secondary N) is 1. The lowest BCUT2D eigenvalue weighted by atomic mass is 10.1. The molecule has 3 nitrogen and oxygen atoms in total. The van der Waals surface area contributed by atoms with Gasteiger partial charge in [0.2, 0.25) is 0 Å². The van der Waals surface area contributed by atoms with Gasteiger partial charge in [0.05, 0.1) is 11.8 Å². The molecule has 0 amide bonds. The van der Waals surface area contributed by atoms with Gasteiger partial charge in [-0.05, 0) is 53.5 Å². The maximum atomic E-state index is 9.51. The monoisotopic (exact) mass is 298 g/mol. The highest BCUT2D eigenvalue weighted by Crippen LogP contribution is 2.29. The zero-order chi connectivity index (χ0) is 12.3. The van der Waals surface area contributed by atoms with Crippen LogP contribution in [-0.4, -0.2) is 31.3 Å². The third kappa shape index (κ3) is 3.21. The normalized spacial score (nSPS) is 17.5. The number of anilines is 1. The molecule has 4 heteroatoms. The third-order valence-electron chi connectivity index (χ3n) is 3.20. The lowest BCUT2D eigenvalue weighted by Crippen LogP contribution is -2.35. The molecule has 1 aromatic carbocycles. The van der Waals surface area contributed by atoms with Crippen LogP contribution in [0.3, 0.4) is 0 Å². The van der Waals surface area contributed by atoms with Crippen LogP contribution in [0.5, 0.6) is 0 Å². The zero-order valence-corrected chi connectivity index (χ0v) is 11.7. The van der Waals surface area contributed by atoms with Gasteiger partial charge in [-0.3, -0.25) is 0 Å². The summed E-state index contributed by atoms with van der Waals surface area (Å²) in [5.74, 6) is 0. The predicted octanol–water partition coefficient (Wildman–Crippen LogP) is 2.13. The lowest BCUT2D eigenvalue weighted by Gasteiger charge is -2.32. The topological polar surface area (TPSA) is 35.5 Å². The number of benzene rings is 1. The molecule has 1 heterocycles. The summed E-state index contributed by atoms with van der Waals surface area (Å²) in [6.07, 6.45) is 1.61. The first-order valence-electron chi connectivity index (χ1n) is 6.06. The van der Waals surface area contributed by atoms with E-state index in [0.29, 0.717) is 0 Å². The van der Waals surface area contributed by atoms with Gasteiger partial charge in [-0.1, -0.05) is 6.07 Å². The summed E-state index contributed by atoms with van der Waals surface area (Å²) in [5, 5.41) is 12.7.